The molecule has 0 aromatic carbocycles. The van der Waals surface area contributed by atoms with Crippen LogP contribution in [0.25, 0.3) is 9.81 Å². The second kappa shape index (κ2) is 4.84. The third-order valence-corrected chi connectivity index (χ3v) is 6.37. The van der Waals surface area contributed by atoms with Gasteiger partial charge in [-0.05, 0) is 33.7 Å². The molecule has 0 bridgehead atoms. The van der Waals surface area contributed by atoms with Crippen LogP contribution in [-0.2, 0) is 0 Å². The lowest BCUT2D eigenvalue weighted by Crippen LogP contribution is -1.78. The molecule has 3 rings (SSSR count). The molecule has 1 aliphatic rings. The fourth-order valence-corrected chi connectivity index (χ4v) is 5.18. The Labute approximate surface area is 111 Å². The first-order chi connectivity index (χ1) is 7.93. The van der Waals surface area contributed by atoms with Crippen molar-refractivity contribution in [1.29, 1.82) is 0 Å². The van der Waals surface area contributed by atoms with Gasteiger partial charge in [-0.25, -0.2) is 0 Å². The van der Waals surface area contributed by atoms with E-state index in [-0.39, 0.29) is 0 Å². The molecule has 1 aliphatic heterocycles. The van der Waals surface area contributed by atoms with Crippen molar-refractivity contribution in [2.75, 3.05) is 0 Å². The van der Waals surface area contributed by atoms with Gasteiger partial charge in [-0.15, -0.1) is 22.7 Å². The molecule has 4 heteroatoms. The minimum Gasteiger partial charge on any atom is -0.143 e. The van der Waals surface area contributed by atoms with Crippen molar-refractivity contribution < 1.29 is 0 Å². The summed E-state index contributed by atoms with van der Waals surface area (Å²) in [5, 5.41) is 8.76. The van der Waals surface area contributed by atoms with Crippen molar-refractivity contribution in [1.82, 2.24) is 0 Å². The Morgan fingerprint density at radius 2 is 1.19 bits per heavy atom. The van der Waals surface area contributed by atoms with E-state index >= 15 is 0 Å². The van der Waals surface area contributed by atoms with Crippen LogP contribution < -0.4 is 0 Å². The van der Waals surface area contributed by atoms with Gasteiger partial charge in [0.1, 0.15) is 0 Å². The smallest absolute Gasteiger partial charge is 0.0414 e. The molecule has 0 N–H and O–H groups in total. The predicted octanol–water partition coefficient (Wildman–Crippen LogP) is 5.59. The topological polar surface area (TPSA) is 0 Å². The zero-order valence-corrected chi connectivity index (χ0v) is 11.5. The molecule has 0 unspecified atom stereocenters. The maximum atomic E-state index is 2.26. The number of rotatable bonds is 2. The Morgan fingerprint density at radius 1 is 0.688 bits per heavy atom. The Bertz CT molecular complexity index is 467. The second-order valence-corrected chi connectivity index (χ2v) is 6.87. The summed E-state index contributed by atoms with van der Waals surface area (Å²) in [6.07, 6.45) is 0. The monoisotopic (exact) mass is 280 g/mol. The fraction of sp³-hybridized carbons (Fsp3) is 0. The van der Waals surface area contributed by atoms with Crippen LogP contribution in [0.4, 0.5) is 0 Å². The van der Waals surface area contributed by atoms with Gasteiger partial charge in [0.15, 0.2) is 0 Å². The molecule has 0 spiro atoms. The molecule has 0 radical (unpaired) electrons. The summed E-state index contributed by atoms with van der Waals surface area (Å²) in [5.41, 5.74) is 0. The van der Waals surface area contributed by atoms with Crippen molar-refractivity contribution in [2.45, 2.75) is 0 Å². The molecular formula is C12H8S4. The average molecular weight is 280 g/mol. The zero-order valence-electron chi connectivity index (χ0n) is 8.25. The highest BCUT2D eigenvalue weighted by atomic mass is 32.2. The van der Waals surface area contributed by atoms with Gasteiger partial charge in [0.25, 0.3) is 0 Å². The Morgan fingerprint density at radius 3 is 1.50 bits per heavy atom. The van der Waals surface area contributed by atoms with Crippen molar-refractivity contribution in [3.63, 3.8) is 0 Å². The van der Waals surface area contributed by atoms with Crippen LogP contribution in [0.3, 0.4) is 0 Å². The molecule has 0 fully saturated rings. The molecule has 2 aromatic heterocycles. The van der Waals surface area contributed by atoms with Crippen molar-refractivity contribution in [3.05, 3.63) is 55.6 Å². The van der Waals surface area contributed by atoms with Gasteiger partial charge in [0, 0.05) is 19.6 Å². The Hall–Kier alpha value is -0.420. The van der Waals surface area contributed by atoms with Crippen LogP contribution in [0.5, 0.6) is 0 Å². The van der Waals surface area contributed by atoms with Gasteiger partial charge in [-0.3, -0.25) is 0 Å². The normalized spacial score (nSPS) is 15.8. The highest BCUT2D eigenvalue weighted by molar-refractivity contribution is 8.18. The highest BCUT2D eigenvalue weighted by Gasteiger charge is 2.11. The molecule has 0 amide bonds. The quantitative estimate of drug-likeness (QED) is 0.703. The maximum absolute atomic E-state index is 2.26. The van der Waals surface area contributed by atoms with Crippen LogP contribution >= 0.6 is 46.2 Å². The summed E-state index contributed by atoms with van der Waals surface area (Å²) in [6, 6.07) is 8.55. The summed E-state index contributed by atoms with van der Waals surface area (Å²) in [5.74, 6) is 0. The summed E-state index contributed by atoms with van der Waals surface area (Å²) in [4.78, 5) is 5.44. The lowest BCUT2D eigenvalue weighted by atomic mass is 10.4. The summed E-state index contributed by atoms with van der Waals surface area (Å²) >= 11 is 7.24. The third kappa shape index (κ3) is 2.15. The summed E-state index contributed by atoms with van der Waals surface area (Å²) < 4.78 is 0. The number of hydrogen-bond donors (Lipinski definition) is 0. The first-order valence-electron chi connectivity index (χ1n) is 4.75. The van der Waals surface area contributed by atoms with E-state index in [1.54, 1.807) is 22.7 Å². The average Bonchev–Trinajstić information content (AvgIpc) is 3.03. The van der Waals surface area contributed by atoms with Gasteiger partial charge in [0.2, 0.25) is 0 Å². The van der Waals surface area contributed by atoms with Crippen LogP contribution in [0.1, 0.15) is 9.75 Å². The summed E-state index contributed by atoms with van der Waals surface area (Å²) in [6.45, 7) is 0. The van der Waals surface area contributed by atoms with E-state index in [0.717, 1.165) is 0 Å². The SMILES string of the molecule is C1=C(c2cccs2)SC=C(c2cccs2)S1. The lowest BCUT2D eigenvalue weighted by Gasteiger charge is -2.10. The van der Waals surface area contributed by atoms with Crippen molar-refractivity contribution >= 4 is 56.0 Å². The zero-order chi connectivity index (χ0) is 10.8. The molecule has 0 saturated carbocycles. The Kier molecular flexibility index (Phi) is 3.24. The first-order valence-corrected chi connectivity index (χ1v) is 8.27. The lowest BCUT2D eigenvalue weighted by molar-refractivity contribution is 1.93. The Balaban J connectivity index is 1.79. The molecule has 0 atom stereocenters. The second-order valence-electron chi connectivity index (χ2n) is 3.15. The van der Waals surface area contributed by atoms with Crippen LogP contribution in [0.15, 0.2) is 45.8 Å². The fourth-order valence-electron chi connectivity index (χ4n) is 1.36. The van der Waals surface area contributed by atoms with Gasteiger partial charge < -0.3 is 0 Å². The summed E-state index contributed by atoms with van der Waals surface area (Å²) in [7, 11) is 0. The number of hydrogen-bond acceptors (Lipinski definition) is 4. The third-order valence-electron chi connectivity index (χ3n) is 2.11. The predicted molar refractivity (Wildman–Crippen MR) is 79.8 cm³/mol. The number of thiophene rings is 2. The minimum atomic E-state index is 1.36. The van der Waals surface area contributed by atoms with E-state index in [4.69, 9.17) is 0 Å². The van der Waals surface area contributed by atoms with Gasteiger partial charge in [-0.2, -0.15) is 0 Å². The molecule has 0 saturated heterocycles. The molecule has 3 heterocycles. The van der Waals surface area contributed by atoms with E-state index in [2.05, 4.69) is 45.8 Å². The van der Waals surface area contributed by atoms with E-state index < -0.39 is 0 Å². The molecule has 2 aromatic rings. The maximum Gasteiger partial charge on any atom is 0.0414 e. The molecular weight excluding hydrogens is 272 g/mol. The molecule has 0 aliphatic carbocycles. The van der Waals surface area contributed by atoms with Gasteiger partial charge in [0.05, 0.1) is 0 Å². The molecule has 0 nitrogen and oxygen atoms in total. The van der Waals surface area contributed by atoms with Crippen LogP contribution in [0.2, 0.25) is 0 Å². The largest absolute Gasteiger partial charge is 0.143 e. The number of thioether (sulfide) groups is 2. The van der Waals surface area contributed by atoms with E-state index in [1.165, 1.54) is 19.6 Å². The first kappa shape index (κ1) is 10.7. The van der Waals surface area contributed by atoms with E-state index in [1.807, 2.05) is 23.5 Å². The van der Waals surface area contributed by atoms with E-state index in [0.29, 0.717) is 0 Å². The minimum absolute atomic E-state index is 1.36. The highest BCUT2D eigenvalue weighted by Crippen LogP contribution is 2.45. The molecule has 16 heavy (non-hydrogen) atoms. The van der Waals surface area contributed by atoms with Crippen LogP contribution in [-0.4, -0.2) is 0 Å². The molecule has 80 valence electrons. The van der Waals surface area contributed by atoms with Gasteiger partial charge in [-0.1, -0.05) is 35.7 Å². The van der Waals surface area contributed by atoms with Crippen molar-refractivity contribution in [2.24, 2.45) is 0 Å². The van der Waals surface area contributed by atoms with Gasteiger partial charge >= 0.3 is 0 Å². The van der Waals surface area contributed by atoms with E-state index in [9.17, 15) is 0 Å². The standard InChI is InChI=1S/C12H8S4/c1-3-9(13-5-1)11-7-16-12(8-15-11)10-4-2-6-14-10/h1-8H. The van der Waals surface area contributed by atoms with Crippen LogP contribution in [0, 0.1) is 0 Å². The van der Waals surface area contributed by atoms with Crippen molar-refractivity contribution in [3.8, 4) is 0 Å².